The van der Waals surface area contributed by atoms with E-state index in [1.807, 2.05) is 19.1 Å². The van der Waals surface area contributed by atoms with Gasteiger partial charge in [-0.2, -0.15) is 4.98 Å². The molecular weight excluding hydrogens is 254 g/mol. The third-order valence-corrected chi connectivity index (χ3v) is 3.63. The summed E-state index contributed by atoms with van der Waals surface area (Å²) in [5.74, 6) is 2.03. The Morgan fingerprint density at radius 3 is 3.05 bits per heavy atom. The lowest BCUT2D eigenvalue weighted by atomic mass is 9.98. The molecule has 2 N–H and O–H groups in total. The molecule has 2 heterocycles. The van der Waals surface area contributed by atoms with Crippen LogP contribution in [0.15, 0.2) is 22.7 Å². The maximum Gasteiger partial charge on any atom is 0.246 e. The van der Waals surface area contributed by atoms with Crippen molar-refractivity contribution in [1.82, 2.24) is 10.1 Å². The van der Waals surface area contributed by atoms with Gasteiger partial charge in [0, 0.05) is 12.0 Å². The van der Waals surface area contributed by atoms with Gasteiger partial charge in [-0.25, -0.2) is 0 Å². The summed E-state index contributed by atoms with van der Waals surface area (Å²) in [5, 5.41) is 4.05. The van der Waals surface area contributed by atoms with Gasteiger partial charge >= 0.3 is 0 Å². The second-order valence-electron chi connectivity index (χ2n) is 5.51. The second-order valence-corrected chi connectivity index (χ2v) is 5.51. The van der Waals surface area contributed by atoms with E-state index in [0.717, 1.165) is 37.2 Å². The molecular formula is C15H19N3O2. The van der Waals surface area contributed by atoms with E-state index in [-0.39, 0.29) is 0 Å². The molecule has 1 atom stereocenters. The number of benzene rings is 1. The van der Waals surface area contributed by atoms with E-state index >= 15 is 0 Å². The fraction of sp³-hybridized carbons (Fsp3) is 0.467. The predicted molar refractivity (Wildman–Crippen MR) is 75.4 cm³/mol. The Morgan fingerprint density at radius 2 is 2.25 bits per heavy atom. The molecule has 3 rings (SSSR count). The van der Waals surface area contributed by atoms with Crippen molar-refractivity contribution in [2.45, 2.75) is 38.6 Å². The molecule has 0 saturated carbocycles. The average Bonchev–Trinajstić information content (AvgIpc) is 3.07. The molecule has 20 heavy (non-hydrogen) atoms. The molecule has 5 heteroatoms. The molecule has 0 saturated heterocycles. The molecule has 0 spiro atoms. The molecule has 1 aromatic carbocycles. The van der Waals surface area contributed by atoms with Crippen molar-refractivity contribution in [3.63, 3.8) is 0 Å². The Balaban J connectivity index is 1.90. The summed E-state index contributed by atoms with van der Waals surface area (Å²) in [7, 11) is 0. The third-order valence-electron chi connectivity index (χ3n) is 3.63. The molecule has 1 aliphatic rings. The number of hydrogen-bond donors (Lipinski definition) is 1. The minimum atomic E-state index is -0.570. The Morgan fingerprint density at radius 1 is 1.40 bits per heavy atom. The molecule has 1 unspecified atom stereocenters. The largest absolute Gasteiger partial charge is 0.493 e. The lowest BCUT2D eigenvalue weighted by molar-refractivity contribution is 0.284. The first-order valence-corrected chi connectivity index (χ1v) is 6.99. The first-order chi connectivity index (χ1) is 9.60. The van der Waals surface area contributed by atoms with E-state index in [1.54, 1.807) is 0 Å². The zero-order valence-corrected chi connectivity index (χ0v) is 11.8. The van der Waals surface area contributed by atoms with Gasteiger partial charge in [-0.1, -0.05) is 18.5 Å². The van der Waals surface area contributed by atoms with Crippen molar-refractivity contribution in [1.29, 1.82) is 0 Å². The van der Waals surface area contributed by atoms with E-state index in [9.17, 15) is 0 Å². The van der Waals surface area contributed by atoms with Gasteiger partial charge in [-0.3, -0.25) is 0 Å². The van der Waals surface area contributed by atoms with Gasteiger partial charge in [-0.05, 0) is 37.1 Å². The minimum absolute atomic E-state index is 0.492. The van der Waals surface area contributed by atoms with Crippen molar-refractivity contribution in [3.8, 4) is 17.1 Å². The third kappa shape index (κ3) is 2.29. The van der Waals surface area contributed by atoms with Crippen molar-refractivity contribution in [2.75, 3.05) is 6.61 Å². The van der Waals surface area contributed by atoms with Gasteiger partial charge in [0.2, 0.25) is 11.7 Å². The number of rotatable bonds is 4. The molecule has 0 aliphatic carbocycles. The van der Waals surface area contributed by atoms with Gasteiger partial charge in [-0.15, -0.1) is 0 Å². The second kappa shape index (κ2) is 4.90. The van der Waals surface area contributed by atoms with Crippen LogP contribution in [0.25, 0.3) is 11.4 Å². The maximum absolute atomic E-state index is 6.21. The van der Waals surface area contributed by atoms with E-state index in [1.165, 1.54) is 5.56 Å². The number of fused-ring (bicyclic) bond motifs is 1. The van der Waals surface area contributed by atoms with Gasteiger partial charge < -0.3 is 15.0 Å². The highest BCUT2D eigenvalue weighted by Crippen LogP contribution is 2.30. The number of nitrogens with zero attached hydrogens (tertiary/aromatic N) is 2. The lowest BCUT2D eigenvalue weighted by Crippen LogP contribution is -2.33. The van der Waals surface area contributed by atoms with Gasteiger partial charge in [0.1, 0.15) is 5.75 Å². The van der Waals surface area contributed by atoms with E-state index in [2.05, 4.69) is 23.1 Å². The summed E-state index contributed by atoms with van der Waals surface area (Å²) in [6, 6.07) is 5.97. The summed E-state index contributed by atoms with van der Waals surface area (Å²) in [6.45, 7) is 4.75. The van der Waals surface area contributed by atoms with Crippen LogP contribution >= 0.6 is 0 Å². The molecule has 5 nitrogen and oxygen atoms in total. The van der Waals surface area contributed by atoms with Crippen LogP contribution in [-0.2, 0) is 12.0 Å². The molecule has 106 valence electrons. The van der Waals surface area contributed by atoms with Gasteiger partial charge in [0.15, 0.2) is 0 Å². The summed E-state index contributed by atoms with van der Waals surface area (Å²) in [6.07, 6.45) is 2.71. The van der Waals surface area contributed by atoms with Crippen LogP contribution in [0.3, 0.4) is 0 Å². The van der Waals surface area contributed by atoms with Crippen molar-refractivity contribution in [3.05, 3.63) is 29.7 Å². The topological polar surface area (TPSA) is 74.2 Å². The first kappa shape index (κ1) is 13.1. The Hall–Kier alpha value is -1.88. The highest BCUT2D eigenvalue weighted by atomic mass is 16.5. The van der Waals surface area contributed by atoms with Crippen LogP contribution in [0.4, 0.5) is 0 Å². The highest BCUT2D eigenvalue weighted by molar-refractivity contribution is 5.59. The van der Waals surface area contributed by atoms with E-state index < -0.39 is 5.54 Å². The van der Waals surface area contributed by atoms with Crippen LogP contribution in [0, 0.1) is 0 Å². The minimum Gasteiger partial charge on any atom is -0.493 e. The van der Waals surface area contributed by atoms with Crippen molar-refractivity contribution >= 4 is 0 Å². The normalized spacial score (nSPS) is 16.6. The van der Waals surface area contributed by atoms with Crippen LogP contribution in [0.2, 0.25) is 0 Å². The monoisotopic (exact) mass is 273 g/mol. The average molecular weight is 273 g/mol. The molecule has 0 amide bonds. The summed E-state index contributed by atoms with van der Waals surface area (Å²) < 4.78 is 10.8. The zero-order chi connectivity index (χ0) is 14.2. The number of aromatic nitrogens is 2. The van der Waals surface area contributed by atoms with E-state index in [0.29, 0.717) is 11.7 Å². The number of hydrogen-bond acceptors (Lipinski definition) is 5. The maximum atomic E-state index is 6.21. The molecule has 1 aromatic heterocycles. The Bertz CT molecular complexity index is 619. The van der Waals surface area contributed by atoms with Gasteiger partial charge in [0.25, 0.3) is 0 Å². The summed E-state index contributed by atoms with van der Waals surface area (Å²) in [4.78, 5) is 4.45. The van der Waals surface area contributed by atoms with Crippen LogP contribution < -0.4 is 10.5 Å². The standard InChI is InChI=1S/C15H19N3O2/c1-3-7-15(2,16)14-17-13(18-20-14)11-4-5-12-10(9-11)6-8-19-12/h4-5,9H,3,6-8,16H2,1-2H3. The summed E-state index contributed by atoms with van der Waals surface area (Å²) in [5.41, 5.74) is 7.78. The predicted octanol–water partition coefficient (Wildman–Crippen LogP) is 2.65. The summed E-state index contributed by atoms with van der Waals surface area (Å²) >= 11 is 0. The number of nitrogens with two attached hydrogens (primary N) is 1. The Kier molecular flexibility index (Phi) is 3.22. The molecule has 2 aromatic rings. The molecule has 1 aliphatic heterocycles. The Labute approximate surface area is 118 Å². The molecule has 0 radical (unpaired) electrons. The SMILES string of the molecule is CCCC(C)(N)c1nc(-c2ccc3c(c2)CCO3)no1. The van der Waals surface area contributed by atoms with Crippen molar-refractivity contribution in [2.24, 2.45) is 5.73 Å². The zero-order valence-electron chi connectivity index (χ0n) is 11.8. The number of ether oxygens (including phenoxy) is 1. The van der Waals surface area contributed by atoms with Crippen LogP contribution in [0.1, 0.15) is 38.1 Å². The van der Waals surface area contributed by atoms with Crippen LogP contribution in [-0.4, -0.2) is 16.7 Å². The molecule has 0 bridgehead atoms. The lowest BCUT2D eigenvalue weighted by Gasteiger charge is -2.18. The highest BCUT2D eigenvalue weighted by Gasteiger charge is 2.27. The quantitative estimate of drug-likeness (QED) is 0.927. The smallest absolute Gasteiger partial charge is 0.246 e. The fourth-order valence-electron chi connectivity index (χ4n) is 2.52. The molecule has 0 fully saturated rings. The van der Waals surface area contributed by atoms with Gasteiger partial charge in [0.05, 0.1) is 12.1 Å². The fourth-order valence-corrected chi connectivity index (χ4v) is 2.52. The van der Waals surface area contributed by atoms with Crippen molar-refractivity contribution < 1.29 is 9.26 Å². The first-order valence-electron chi connectivity index (χ1n) is 6.99. The van der Waals surface area contributed by atoms with Crippen LogP contribution in [0.5, 0.6) is 5.75 Å². The van der Waals surface area contributed by atoms with E-state index in [4.69, 9.17) is 15.0 Å².